The van der Waals surface area contributed by atoms with Gasteiger partial charge in [0, 0.05) is 6.42 Å². The quantitative estimate of drug-likeness (QED) is 0.805. The predicted molar refractivity (Wildman–Crippen MR) is 70.6 cm³/mol. The van der Waals surface area contributed by atoms with Gasteiger partial charge in [-0.1, -0.05) is 25.7 Å². The Labute approximate surface area is 107 Å². The van der Waals surface area contributed by atoms with E-state index in [0.717, 1.165) is 6.42 Å². The molecular formula is C14H19FN2O. The Hall–Kier alpha value is -1.58. The molecule has 1 fully saturated rings. The molecule has 0 aromatic heterocycles. The number of amides is 1. The summed E-state index contributed by atoms with van der Waals surface area (Å²) in [6.45, 7) is 0. The van der Waals surface area contributed by atoms with Crippen molar-refractivity contribution >= 4 is 17.3 Å². The van der Waals surface area contributed by atoms with Crippen LogP contribution in [-0.2, 0) is 4.79 Å². The van der Waals surface area contributed by atoms with E-state index in [1.165, 1.54) is 43.9 Å². The fraction of sp³-hybridized carbons (Fsp3) is 0.500. The Balaban J connectivity index is 1.84. The SMILES string of the molecule is Nc1ccc(F)cc1NC(=O)CCC1CCCC1. The smallest absolute Gasteiger partial charge is 0.224 e. The number of hydrogen-bond donors (Lipinski definition) is 2. The third-order valence-corrected chi connectivity index (χ3v) is 3.54. The Morgan fingerprint density at radius 3 is 2.83 bits per heavy atom. The molecule has 3 N–H and O–H groups in total. The van der Waals surface area contributed by atoms with E-state index in [0.29, 0.717) is 23.7 Å². The third kappa shape index (κ3) is 3.45. The lowest BCUT2D eigenvalue weighted by atomic mass is 10.0. The van der Waals surface area contributed by atoms with Gasteiger partial charge in [-0.05, 0) is 30.5 Å². The van der Waals surface area contributed by atoms with Crippen LogP contribution in [0, 0.1) is 11.7 Å². The molecule has 2 rings (SSSR count). The summed E-state index contributed by atoms with van der Waals surface area (Å²) in [6.07, 6.45) is 6.43. The van der Waals surface area contributed by atoms with Gasteiger partial charge in [0.25, 0.3) is 0 Å². The predicted octanol–water partition coefficient (Wildman–Crippen LogP) is 3.32. The number of carbonyl (C=O) groups is 1. The highest BCUT2D eigenvalue weighted by Gasteiger charge is 2.16. The first-order chi connectivity index (χ1) is 8.65. The molecule has 0 radical (unpaired) electrons. The van der Waals surface area contributed by atoms with Gasteiger partial charge in [0.2, 0.25) is 5.91 Å². The Kier molecular flexibility index (Phi) is 4.18. The zero-order chi connectivity index (χ0) is 13.0. The van der Waals surface area contributed by atoms with Crippen molar-refractivity contribution in [2.45, 2.75) is 38.5 Å². The normalized spacial score (nSPS) is 15.8. The molecule has 0 bridgehead atoms. The highest BCUT2D eigenvalue weighted by atomic mass is 19.1. The molecule has 3 nitrogen and oxygen atoms in total. The molecule has 0 saturated heterocycles. The summed E-state index contributed by atoms with van der Waals surface area (Å²) in [5.41, 5.74) is 6.44. The van der Waals surface area contributed by atoms with Crippen molar-refractivity contribution in [2.75, 3.05) is 11.1 Å². The molecule has 0 spiro atoms. The van der Waals surface area contributed by atoms with Gasteiger partial charge in [0.05, 0.1) is 11.4 Å². The van der Waals surface area contributed by atoms with Gasteiger partial charge in [0.15, 0.2) is 0 Å². The number of anilines is 2. The topological polar surface area (TPSA) is 55.1 Å². The number of hydrogen-bond acceptors (Lipinski definition) is 2. The van der Waals surface area contributed by atoms with Gasteiger partial charge in [-0.2, -0.15) is 0 Å². The van der Waals surface area contributed by atoms with Crippen LogP contribution >= 0.6 is 0 Å². The fourth-order valence-electron chi connectivity index (χ4n) is 2.48. The Morgan fingerprint density at radius 1 is 1.39 bits per heavy atom. The molecule has 18 heavy (non-hydrogen) atoms. The molecule has 0 unspecified atom stereocenters. The summed E-state index contributed by atoms with van der Waals surface area (Å²) < 4.78 is 13.0. The number of nitrogens with two attached hydrogens (primary N) is 1. The number of nitrogens with one attached hydrogen (secondary N) is 1. The van der Waals surface area contributed by atoms with Gasteiger partial charge in [-0.15, -0.1) is 0 Å². The summed E-state index contributed by atoms with van der Waals surface area (Å²) in [6, 6.07) is 3.99. The first kappa shape index (κ1) is 12.9. The second-order valence-corrected chi connectivity index (χ2v) is 4.97. The molecule has 4 heteroatoms. The van der Waals surface area contributed by atoms with Gasteiger partial charge in [0.1, 0.15) is 5.82 Å². The van der Waals surface area contributed by atoms with E-state index < -0.39 is 5.82 Å². The molecule has 1 aliphatic carbocycles. The minimum atomic E-state index is -0.393. The second kappa shape index (κ2) is 5.85. The summed E-state index contributed by atoms with van der Waals surface area (Å²) in [7, 11) is 0. The molecular weight excluding hydrogens is 231 g/mol. The van der Waals surface area contributed by atoms with Crippen LogP contribution in [0.1, 0.15) is 38.5 Å². The Bertz CT molecular complexity index is 428. The summed E-state index contributed by atoms with van der Waals surface area (Å²) in [4.78, 5) is 11.7. The van der Waals surface area contributed by atoms with Gasteiger partial charge >= 0.3 is 0 Å². The third-order valence-electron chi connectivity index (χ3n) is 3.54. The summed E-state index contributed by atoms with van der Waals surface area (Å²) in [5.74, 6) is 0.204. The van der Waals surface area contributed by atoms with Crippen LogP contribution in [0.5, 0.6) is 0 Å². The van der Waals surface area contributed by atoms with Crippen LogP contribution < -0.4 is 11.1 Å². The van der Waals surface area contributed by atoms with E-state index in [1.807, 2.05) is 0 Å². The number of carbonyl (C=O) groups excluding carboxylic acids is 1. The average molecular weight is 250 g/mol. The maximum Gasteiger partial charge on any atom is 0.224 e. The minimum absolute atomic E-state index is 0.0841. The van der Waals surface area contributed by atoms with Crippen molar-refractivity contribution in [1.29, 1.82) is 0 Å². The van der Waals surface area contributed by atoms with E-state index in [4.69, 9.17) is 5.73 Å². The lowest BCUT2D eigenvalue weighted by Gasteiger charge is -2.10. The molecule has 0 atom stereocenters. The van der Waals surface area contributed by atoms with Crippen molar-refractivity contribution in [3.05, 3.63) is 24.0 Å². The van der Waals surface area contributed by atoms with Crippen molar-refractivity contribution < 1.29 is 9.18 Å². The molecule has 0 heterocycles. The Morgan fingerprint density at radius 2 is 2.11 bits per heavy atom. The highest BCUT2D eigenvalue weighted by molar-refractivity contribution is 5.93. The van der Waals surface area contributed by atoms with E-state index in [2.05, 4.69) is 5.32 Å². The van der Waals surface area contributed by atoms with Crippen molar-refractivity contribution in [3.63, 3.8) is 0 Å². The molecule has 98 valence electrons. The maximum atomic E-state index is 13.0. The largest absolute Gasteiger partial charge is 0.397 e. The molecule has 1 saturated carbocycles. The zero-order valence-corrected chi connectivity index (χ0v) is 10.4. The van der Waals surface area contributed by atoms with Crippen LogP contribution in [-0.4, -0.2) is 5.91 Å². The van der Waals surface area contributed by atoms with Gasteiger partial charge < -0.3 is 11.1 Å². The maximum absolute atomic E-state index is 13.0. The standard InChI is InChI=1S/C14H19FN2O/c15-11-6-7-12(16)13(9-11)17-14(18)8-5-10-3-1-2-4-10/h6-7,9-10H,1-5,8,16H2,(H,17,18). The molecule has 1 amide bonds. The van der Waals surface area contributed by atoms with Crippen molar-refractivity contribution in [3.8, 4) is 0 Å². The monoisotopic (exact) mass is 250 g/mol. The number of benzene rings is 1. The van der Waals surface area contributed by atoms with E-state index >= 15 is 0 Å². The minimum Gasteiger partial charge on any atom is -0.397 e. The molecule has 1 aliphatic rings. The average Bonchev–Trinajstić information content (AvgIpc) is 2.84. The van der Waals surface area contributed by atoms with Crippen LogP contribution in [0.25, 0.3) is 0 Å². The molecule has 1 aromatic rings. The first-order valence-electron chi connectivity index (χ1n) is 6.50. The van der Waals surface area contributed by atoms with Crippen LogP contribution in [0.4, 0.5) is 15.8 Å². The molecule has 1 aromatic carbocycles. The lowest BCUT2D eigenvalue weighted by molar-refractivity contribution is -0.116. The van der Waals surface area contributed by atoms with Crippen LogP contribution in [0.15, 0.2) is 18.2 Å². The summed E-state index contributed by atoms with van der Waals surface area (Å²) >= 11 is 0. The van der Waals surface area contributed by atoms with E-state index in [-0.39, 0.29) is 5.91 Å². The highest BCUT2D eigenvalue weighted by Crippen LogP contribution is 2.28. The summed E-state index contributed by atoms with van der Waals surface area (Å²) in [5, 5.41) is 2.67. The first-order valence-corrected chi connectivity index (χ1v) is 6.50. The van der Waals surface area contributed by atoms with Crippen LogP contribution in [0.3, 0.4) is 0 Å². The zero-order valence-electron chi connectivity index (χ0n) is 10.4. The van der Waals surface area contributed by atoms with Crippen molar-refractivity contribution in [2.24, 2.45) is 5.92 Å². The molecule has 0 aliphatic heterocycles. The van der Waals surface area contributed by atoms with E-state index in [9.17, 15) is 9.18 Å². The second-order valence-electron chi connectivity index (χ2n) is 4.97. The number of halogens is 1. The van der Waals surface area contributed by atoms with Gasteiger partial charge in [-0.25, -0.2) is 4.39 Å². The fourth-order valence-corrected chi connectivity index (χ4v) is 2.48. The van der Waals surface area contributed by atoms with Crippen molar-refractivity contribution in [1.82, 2.24) is 0 Å². The number of rotatable bonds is 4. The number of nitrogen functional groups attached to an aromatic ring is 1. The lowest BCUT2D eigenvalue weighted by Crippen LogP contribution is -2.14. The van der Waals surface area contributed by atoms with Gasteiger partial charge in [-0.3, -0.25) is 4.79 Å². The van der Waals surface area contributed by atoms with Crippen LogP contribution in [0.2, 0.25) is 0 Å². The van der Waals surface area contributed by atoms with E-state index in [1.54, 1.807) is 0 Å².